The van der Waals surface area contributed by atoms with Gasteiger partial charge in [-0.2, -0.15) is 11.8 Å². The first kappa shape index (κ1) is 17.0. The summed E-state index contributed by atoms with van der Waals surface area (Å²) in [4.78, 5) is 21.6. The van der Waals surface area contributed by atoms with Crippen LogP contribution >= 0.6 is 11.8 Å². The zero-order chi connectivity index (χ0) is 15.5. The van der Waals surface area contributed by atoms with Crippen molar-refractivity contribution in [1.82, 2.24) is 15.3 Å². The van der Waals surface area contributed by atoms with Crippen LogP contribution in [0.15, 0.2) is 11.3 Å². The fourth-order valence-corrected chi connectivity index (χ4v) is 2.31. The number of imidazole rings is 1. The maximum absolute atomic E-state index is 10.6. The molecule has 0 fully saturated rings. The van der Waals surface area contributed by atoms with Crippen LogP contribution in [0.25, 0.3) is 0 Å². The van der Waals surface area contributed by atoms with Crippen molar-refractivity contribution in [3.63, 3.8) is 0 Å². The molecule has 8 heteroatoms. The van der Waals surface area contributed by atoms with Gasteiger partial charge in [-0.1, -0.05) is 5.92 Å². The van der Waals surface area contributed by atoms with Crippen LogP contribution in [0, 0.1) is 28.9 Å². The minimum absolute atomic E-state index is 0.297. The molecular weight excluding hydrogens is 290 g/mol. The van der Waals surface area contributed by atoms with E-state index in [4.69, 9.17) is 0 Å². The number of aryl methyl sites for hydroxylation is 1. The molecule has 21 heavy (non-hydrogen) atoms. The Bertz CT molecular complexity index is 544. The number of aromatic nitrogens is 2. The van der Waals surface area contributed by atoms with Gasteiger partial charge in [0, 0.05) is 22.1 Å². The average Bonchev–Trinajstić information content (AvgIpc) is 2.83. The summed E-state index contributed by atoms with van der Waals surface area (Å²) >= 11 is 1.70. The SMILES string of the molecule is CC#CCNC(C[N+](=O)[O-])=NCCSCc1nc[nH]c1C. The number of thioether (sulfide) groups is 1. The topological polar surface area (TPSA) is 96.2 Å². The van der Waals surface area contributed by atoms with Crippen LogP contribution in [0.4, 0.5) is 0 Å². The van der Waals surface area contributed by atoms with E-state index < -0.39 is 4.92 Å². The third-order valence-electron chi connectivity index (χ3n) is 2.55. The Labute approximate surface area is 128 Å². The Morgan fingerprint density at radius 2 is 2.48 bits per heavy atom. The van der Waals surface area contributed by atoms with Gasteiger partial charge < -0.3 is 10.3 Å². The zero-order valence-corrected chi connectivity index (χ0v) is 13.0. The van der Waals surface area contributed by atoms with E-state index in [1.807, 2.05) is 6.92 Å². The second-order valence-corrected chi connectivity index (χ2v) is 5.23. The monoisotopic (exact) mass is 309 g/mol. The highest BCUT2D eigenvalue weighted by Gasteiger charge is 2.06. The van der Waals surface area contributed by atoms with E-state index in [1.165, 1.54) is 0 Å². The predicted octanol–water partition coefficient (Wildman–Crippen LogP) is 1.24. The summed E-state index contributed by atoms with van der Waals surface area (Å²) in [5, 5.41) is 13.4. The van der Waals surface area contributed by atoms with E-state index in [-0.39, 0.29) is 6.54 Å². The van der Waals surface area contributed by atoms with Crippen molar-refractivity contribution in [2.45, 2.75) is 19.6 Å². The standard InChI is InChI=1S/C13H19N5O2S/c1-3-4-5-14-13(8-18(19)20)15-6-7-21-9-12-11(2)16-10-17-12/h10H,5-9H2,1-2H3,(H,14,15)(H,16,17). The summed E-state index contributed by atoms with van der Waals surface area (Å²) in [7, 11) is 0. The van der Waals surface area contributed by atoms with Gasteiger partial charge in [-0.3, -0.25) is 15.1 Å². The molecule has 0 atom stereocenters. The quantitative estimate of drug-likeness (QED) is 0.188. The molecule has 2 N–H and O–H groups in total. The summed E-state index contributed by atoms with van der Waals surface area (Å²) in [6, 6.07) is 0. The van der Waals surface area contributed by atoms with Gasteiger partial charge in [-0.05, 0) is 13.8 Å². The lowest BCUT2D eigenvalue weighted by Gasteiger charge is -2.03. The second kappa shape index (κ2) is 9.83. The molecule has 1 heterocycles. The van der Waals surface area contributed by atoms with Crippen LogP contribution in [-0.4, -0.2) is 46.1 Å². The second-order valence-electron chi connectivity index (χ2n) is 4.13. The van der Waals surface area contributed by atoms with Crippen LogP contribution in [0.1, 0.15) is 18.3 Å². The first-order valence-electron chi connectivity index (χ1n) is 6.48. The molecule has 7 nitrogen and oxygen atoms in total. The molecule has 0 saturated carbocycles. The normalized spacial score (nSPS) is 10.9. The molecule has 1 aromatic heterocycles. The molecule has 0 aliphatic heterocycles. The van der Waals surface area contributed by atoms with E-state index in [1.54, 1.807) is 25.0 Å². The maximum atomic E-state index is 10.6. The van der Waals surface area contributed by atoms with Crippen molar-refractivity contribution in [2.75, 3.05) is 25.4 Å². The zero-order valence-electron chi connectivity index (χ0n) is 12.2. The minimum Gasteiger partial charge on any atom is -0.357 e. The molecule has 114 valence electrons. The number of hydrogen-bond acceptors (Lipinski definition) is 5. The number of H-pyrrole nitrogens is 1. The Hall–Kier alpha value is -2.01. The van der Waals surface area contributed by atoms with Crippen LogP contribution in [0.2, 0.25) is 0 Å². The van der Waals surface area contributed by atoms with Crippen molar-refractivity contribution in [1.29, 1.82) is 0 Å². The van der Waals surface area contributed by atoms with E-state index in [9.17, 15) is 10.1 Å². The number of aromatic amines is 1. The van der Waals surface area contributed by atoms with E-state index in [2.05, 4.69) is 32.1 Å². The molecule has 0 radical (unpaired) electrons. The molecule has 0 bridgehead atoms. The Kier molecular flexibility index (Phi) is 7.97. The third-order valence-corrected chi connectivity index (χ3v) is 3.50. The first-order valence-corrected chi connectivity index (χ1v) is 7.64. The summed E-state index contributed by atoms with van der Waals surface area (Å²) in [5.74, 6) is 7.49. The summed E-state index contributed by atoms with van der Waals surface area (Å²) in [6.45, 7) is 4.32. The highest BCUT2D eigenvalue weighted by molar-refractivity contribution is 7.98. The molecule has 0 spiro atoms. The molecule has 0 aliphatic carbocycles. The Balaban J connectivity index is 2.33. The lowest BCUT2D eigenvalue weighted by molar-refractivity contribution is -0.463. The highest BCUT2D eigenvalue weighted by Crippen LogP contribution is 2.11. The Morgan fingerprint density at radius 1 is 1.67 bits per heavy atom. The molecule has 0 aromatic carbocycles. The lowest BCUT2D eigenvalue weighted by Crippen LogP contribution is -2.31. The fraction of sp³-hybridized carbons (Fsp3) is 0.538. The number of nitrogens with zero attached hydrogens (tertiary/aromatic N) is 3. The van der Waals surface area contributed by atoms with Gasteiger partial charge in [0.05, 0.1) is 25.1 Å². The van der Waals surface area contributed by atoms with Crippen LogP contribution in [0.3, 0.4) is 0 Å². The van der Waals surface area contributed by atoms with E-state index >= 15 is 0 Å². The first-order chi connectivity index (χ1) is 10.1. The van der Waals surface area contributed by atoms with Crippen LogP contribution in [-0.2, 0) is 5.75 Å². The van der Waals surface area contributed by atoms with Gasteiger partial charge in [0.2, 0.25) is 0 Å². The molecule has 0 amide bonds. The Morgan fingerprint density at radius 3 is 3.10 bits per heavy atom. The van der Waals surface area contributed by atoms with Crippen molar-refractivity contribution in [3.8, 4) is 11.8 Å². The predicted molar refractivity (Wildman–Crippen MR) is 85.1 cm³/mol. The van der Waals surface area contributed by atoms with Gasteiger partial charge in [-0.25, -0.2) is 4.98 Å². The van der Waals surface area contributed by atoms with Crippen LogP contribution in [0.5, 0.6) is 0 Å². The molecule has 0 aliphatic rings. The summed E-state index contributed by atoms with van der Waals surface area (Å²) < 4.78 is 0. The molecule has 1 rings (SSSR count). The minimum atomic E-state index is -0.397. The number of aliphatic imine (C=N–C) groups is 1. The number of nitrogens with one attached hydrogen (secondary N) is 2. The summed E-state index contributed by atoms with van der Waals surface area (Å²) in [6.07, 6.45) is 1.68. The number of rotatable bonds is 8. The van der Waals surface area contributed by atoms with E-state index in [0.29, 0.717) is 18.9 Å². The molecule has 0 saturated heterocycles. The van der Waals surface area contributed by atoms with Crippen LogP contribution < -0.4 is 5.32 Å². The van der Waals surface area contributed by atoms with Crippen molar-refractivity contribution < 1.29 is 4.92 Å². The van der Waals surface area contributed by atoms with Gasteiger partial charge in [0.1, 0.15) is 0 Å². The molecule has 0 unspecified atom stereocenters. The largest absolute Gasteiger partial charge is 0.357 e. The lowest BCUT2D eigenvalue weighted by atomic mass is 10.4. The van der Waals surface area contributed by atoms with E-state index in [0.717, 1.165) is 22.9 Å². The van der Waals surface area contributed by atoms with Crippen molar-refractivity contribution >= 4 is 17.6 Å². The summed E-state index contributed by atoms with van der Waals surface area (Å²) in [5.41, 5.74) is 2.10. The average molecular weight is 309 g/mol. The number of hydrogen-bond donors (Lipinski definition) is 2. The number of amidine groups is 1. The maximum Gasteiger partial charge on any atom is 0.259 e. The van der Waals surface area contributed by atoms with Crippen molar-refractivity contribution in [2.24, 2.45) is 4.99 Å². The number of nitro groups is 1. The van der Waals surface area contributed by atoms with Gasteiger partial charge >= 0.3 is 0 Å². The third kappa shape index (κ3) is 7.37. The highest BCUT2D eigenvalue weighted by atomic mass is 32.2. The van der Waals surface area contributed by atoms with Crippen molar-refractivity contribution in [3.05, 3.63) is 27.8 Å². The van der Waals surface area contributed by atoms with Gasteiger partial charge in [-0.15, -0.1) is 5.92 Å². The van der Waals surface area contributed by atoms with Gasteiger partial charge in [0.15, 0.2) is 5.84 Å². The van der Waals surface area contributed by atoms with Gasteiger partial charge in [0.25, 0.3) is 6.54 Å². The molecule has 1 aromatic rings. The smallest absolute Gasteiger partial charge is 0.259 e. The molecular formula is C13H19N5O2S. The fourth-order valence-electron chi connectivity index (χ4n) is 1.47.